The number of aromatic nitrogens is 2. The molecule has 0 saturated carbocycles. The molecule has 2 rings (SSSR count). The number of nitrogens with zero attached hydrogens (tertiary/aromatic N) is 2. The fourth-order valence-corrected chi connectivity index (χ4v) is 1.73. The summed E-state index contributed by atoms with van der Waals surface area (Å²) < 4.78 is 12.8. The van der Waals surface area contributed by atoms with Crippen LogP contribution in [0.4, 0.5) is 10.2 Å². The molecule has 5 nitrogen and oxygen atoms in total. The zero-order valence-corrected chi connectivity index (χ0v) is 12.6. The first kappa shape index (κ1) is 15.9. The van der Waals surface area contributed by atoms with Crippen LogP contribution in [-0.2, 0) is 6.54 Å². The molecule has 22 heavy (non-hydrogen) atoms. The maximum atomic E-state index is 12.8. The Labute approximate surface area is 129 Å². The van der Waals surface area contributed by atoms with Crippen LogP contribution in [0.3, 0.4) is 0 Å². The van der Waals surface area contributed by atoms with Crippen LogP contribution < -0.4 is 10.6 Å². The van der Waals surface area contributed by atoms with Crippen molar-refractivity contribution >= 4 is 11.7 Å². The van der Waals surface area contributed by atoms with Gasteiger partial charge in [-0.1, -0.05) is 26.0 Å². The van der Waals surface area contributed by atoms with Crippen LogP contribution in [-0.4, -0.2) is 22.6 Å². The van der Waals surface area contributed by atoms with Gasteiger partial charge >= 0.3 is 0 Å². The van der Waals surface area contributed by atoms with Crippen molar-refractivity contribution < 1.29 is 9.18 Å². The van der Waals surface area contributed by atoms with Gasteiger partial charge in [-0.3, -0.25) is 4.79 Å². The number of nitrogens with one attached hydrogen (secondary N) is 2. The molecule has 116 valence electrons. The molecule has 0 fully saturated rings. The van der Waals surface area contributed by atoms with Crippen molar-refractivity contribution in [2.24, 2.45) is 5.92 Å². The van der Waals surface area contributed by atoms with E-state index in [1.54, 1.807) is 24.3 Å². The second-order valence-corrected chi connectivity index (χ2v) is 5.39. The number of anilines is 1. The Kier molecular flexibility index (Phi) is 5.41. The van der Waals surface area contributed by atoms with Gasteiger partial charge in [-0.25, -0.2) is 4.39 Å². The number of carbonyl (C=O) groups excluding carboxylic acids is 1. The third-order valence-corrected chi connectivity index (χ3v) is 2.95. The molecule has 1 aromatic heterocycles. The fraction of sp³-hybridized carbons (Fsp3) is 0.312. The average molecular weight is 302 g/mol. The molecule has 6 heteroatoms. The number of carbonyl (C=O) groups is 1. The van der Waals surface area contributed by atoms with Gasteiger partial charge < -0.3 is 10.6 Å². The summed E-state index contributed by atoms with van der Waals surface area (Å²) in [7, 11) is 0. The maximum Gasteiger partial charge on any atom is 0.271 e. The molecule has 0 radical (unpaired) electrons. The van der Waals surface area contributed by atoms with E-state index in [1.807, 2.05) is 13.8 Å². The van der Waals surface area contributed by atoms with Gasteiger partial charge in [-0.15, -0.1) is 10.2 Å². The molecular weight excluding hydrogens is 283 g/mol. The lowest BCUT2D eigenvalue weighted by atomic mass is 10.2. The molecule has 1 heterocycles. The highest BCUT2D eigenvalue weighted by Gasteiger charge is 2.08. The monoisotopic (exact) mass is 302 g/mol. The molecule has 0 aliphatic carbocycles. The predicted molar refractivity (Wildman–Crippen MR) is 82.9 cm³/mol. The summed E-state index contributed by atoms with van der Waals surface area (Å²) in [6.07, 6.45) is 0. The SMILES string of the molecule is CC(C)CNC(=O)c1ccc(NCc2ccc(F)cc2)nn1. The first-order chi connectivity index (χ1) is 10.5. The summed E-state index contributed by atoms with van der Waals surface area (Å²) >= 11 is 0. The number of halogens is 1. The van der Waals surface area contributed by atoms with E-state index in [1.165, 1.54) is 12.1 Å². The lowest BCUT2D eigenvalue weighted by Crippen LogP contribution is -2.28. The van der Waals surface area contributed by atoms with Crippen LogP contribution in [0.5, 0.6) is 0 Å². The van der Waals surface area contributed by atoms with Crippen LogP contribution in [0.25, 0.3) is 0 Å². The summed E-state index contributed by atoms with van der Waals surface area (Å²) in [5.74, 6) is 0.449. The van der Waals surface area contributed by atoms with Crippen LogP contribution in [0.1, 0.15) is 29.9 Å². The summed E-state index contributed by atoms with van der Waals surface area (Å²) in [6, 6.07) is 9.53. The Bertz CT molecular complexity index is 611. The van der Waals surface area contributed by atoms with E-state index in [4.69, 9.17) is 0 Å². The predicted octanol–water partition coefficient (Wildman–Crippen LogP) is 2.61. The molecule has 0 saturated heterocycles. The molecule has 0 bridgehead atoms. The van der Waals surface area contributed by atoms with Gasteiger partial charge in [-0.2, -0.15) is 0 Å². The normalized spacial score (nSPS) is 10.5. The molecule has 0 spiro atoms. The molecular formula is C16H19FN4O. The van der Waals surface area contributed by atoms with Crippen LogP contribution >= 0.6 is 0 Å². The van der Waals surface area contributed by atoms with Crippen molar-refractivity contribution in [1.29, 1.82) is 0 Å². The van der Waals surface area contributed by atoms with Gasteiger partial charge in [0.2, 0.25) is 0 Å². The lowest BCUT2D eigenvalue weighted by molar-refractivity contribution is 0.0943. The maximum absolute atomic E-state index is 12.8. The van der Waals surface area contributed by atoms with Crippen LogP contribution in [0.2, 0.25) is 0 Å². The van der Waals surface area contributed by atoms with Crippen molar-refractivity contribution in [2.45, 2.75) is 20.4 Å². The zero-order valence-electron chi connectivity index (χ0n) is 12.6. The van der Waals surface area contributed by atoms with E-state index in [9.17, 15) is 9.18 Å². The van der Waals surface area contributed by atoms with Gasteiger partial charge in [-0.05, 0) is 35.7 Å². The summed E-state index contributed by atoms with van der Waals surface area (Å²) in [5.41, 5.74) is 1.22. The van der Waals surface area contributed by atoms with Crippen molar-refractivity contribution in [2.75, 3.05) is 11.9 Å². The molecule has 1 amide bonds. The second kappa shape index (κ2) is 7.49. The highest BCUT2D eigenvalue weighted by Crippen LogP contribution is 2.07. The standard InChI is InChI=1S/C16H19FN4O/c1-11(2)9-19-16(22)14-7-8-15(21-20-14)18-10-12-3-5-13(17)6-4-12/h3-8,11H,9-10H2,1-2H3,(H,18,21)(H,19,22). The molecule has 0 unspecified atom stereocenters. The Morgan fingerprint density at radius 3 is 2.45 bits per heavy atom. The third kappa shape index (κ3) is 4.80. The number of hydrogen-bond donors (Lipinski definition) is 2. The van der Waals surface area contributed by atoms with E-state index >= 15 is 0 Å². The van der Waals surface area contributed by atoms with Gasteiger partial charge in [0.1, 0.15) is 11.6 Å². The van der Waals surface area contributed by atoms with Crippen molar-refractivity contribution in [1.82, 2.24) is 15.5 Å². The van der Waals surface area contributed by atoms with E-state index < -0.39 is 0 Å². The van der Waals surface area contributed by atoms with E-state index in [2.05, 4.69) is 20.8 Å². The number of hydrogen-bond acceptors (Lipinski definition) is 4. The molecule has 1 aromatic carbocycles. The van der Waals surface area contributed by atoms with E-state index in [-0.39, 0.29) is 17.4 Å². The van der Waals surface area contributed by atoms with Crippen LogP contribution in [0, 0.1) is 11.7 Å². The minimum Gasteiger partial charge on any atom is -0.365 e. The Balaban J connectivity index is 1.88. The molecule has 0 aliphatic rings. The number of rotatable bonds is 6. The van der Waals surface area contributed by atoms with Gasteiger partial charge in [0, 0.05) is 13.1 Å². The highest BCUT2D eigenvalue weighted by atomic mass is 19.1. The average Bonchev–Trinajstić information content (AvgIpc) is 2.52. The van der Waals surface area contributed by atoms with Crippen molar-refractivity contribution in [3.8, 4) is 0 Å². The number of benzene rings is 1. The van der Waals surface area contributed by atoms with Gasteiger partial charge in [0.15, 0.2) is 5.69 Å². The largest absolute Gasteiger partial charge is 0.365 e. The quantitative estimate of drug-likeness (QED) is 0.861. The smallest absolute Gasteiger partial charge is 0.271 e. The molecule has 2 aromatic rings. The summed E-state index contributed by atoms with van der Waals surface area (Å²) in [5, 5.41) is 13.7. The minimum atomic E-state index is -0.264. The summed E-state index contributed by atoms with van der Waals surface area (Å²) in [6.45, 7) is 5.15. The molecule has 2 N–H and O–H groups in total. The van der Waals surface area contributed by atoms with Gasteiger partial charge in [0.25, 0.3) is 5.91 Å². The zero-order chi connectivity index (χ0) is 15.9. The Morgan fingerprint density at radius 2 is 1.86 bits per heavy atom. The topological polar surface area (TPSA) is 66.9 Å². The Morgan fingerprint density at radius 1 is 1.14 bits per heavy atom. The van der Waals surface area contributed by atoms with Crippen molar-refractivity contribution in [3.63, 3.8) is 0 Å². The summed E-state index contributed by atoms with van der Waals surface area (Å²) in [4.78, 5) is 11.8. The third-order valence-electron chi connectivity index (χ3n) is 2.95. The molecule has 0 aliphatic heterocycles. The highest BCUT2D eigenvalue weighted by molar-refractivity contribution is 5.92. The van der Waals surface area contributed by atoms with Gasteiger partial charge in [0.05, 0.1) is 0 Å². The first-order valence-corrected chi connectivity index (χ1v) is 7.15. The Hall–Kier alpha value is -2.50. The second-order valence-electron chi connectivity index (χ2n) is 5.39. The van der Waals surface area contributed by atoms with Crippen LogP contribution in [0.15, 0.2) is 36.4 Å². The first-order valence-electron chi connectivity index (χ1n) is 7.15. The lowest BCUT2D eigenvalue weighted by Gasteiger charge is -2.08. The minimum absolute atomic E-state index is 0.230. The molecule has 0 atom stereocenters. The van der Waals surface area contributed by atoms with E-state index in [0.29, 0.717) is 24.8 Å². The van der Waals surface area contributed by atoms with E-state index in [0.717, 1.165) is 5.56 Å². The fourth-order valence-electron chi connectivity index (χ4n) is 1.73. The van der Waals surface area contributed by atoms with Crippen molar-refractivity contribution in [3.05, 3.63) is 53.5 Å². The number of amides is 1.